The summed E-state index contributed by atoms with van der Waals surface area (Å²) in [4.78, 5) is 12.3. The van der Waals surface area contributed by atoms with Crippen LogP contribution >= 0.6 is 22.9 Å². The molecular formula is C10H13ClN2OS. The summed E-state index contributed by atoms with van der Waals surface area (Å²) in [6, 6.07) is 3.51. The molecule has 0 saturated carbocycles. The molecule has 0 aromatic carbocycles. The molecule has 82 valence electrons. The van der Waals surface area contributed by atoms with Gasteiger partial charge in [-0.3, -0.25) is 4.79 Å². The molecule has 2 rings (SSSR count). The Labute approximate surface area is 97.8 Å². The van der Waals surface area contributed by atoms with Crippen LogP contribution in [0.5, 0.6) is 0 Å². The van der Waals surface area contributed by atoms with E-state index in [0.29, 0.717) is 15.1 Å². The number of amides is 1. The number of halogens is 1. The monoisotopic (exact) mass is 244 g/mol. The zero-order valence-electron chi connectivity index (χ0n) is 8.25. The first-order valence-electron chi connectivity index (χ1n) is 5.00. The molecule has 1 atom stereocenters. The van der Waals surface area contributed by atoms with Gasteiger partial charge in [0.15, 0.2) is 0 Å². The second kappa shape index (κ2) is 4.96. The first-order chi connectivity index (χ1) is 7.25. The Morgan fingerprint density at radius 2 is 2.53 bits per heavy atom. The molecule has 1 aromatic rings. The van der Waals surface area contributed by atoms with E-state index < -0.39 is 0 Å². The average molecular weight is 245 g/mol. The second-order valence-corrected chi connectivity index (χ2v) is 5.39. The van der Waals surface area contributed by atoms with Gasteiger partial charge in [-0.2, -0.15) is 0 Å². The average Bonchev–Trinajstić information content (AvgIpc) is 2.84. The van der Waals surface area contributed by atoms with Gasteiger partial charge in [-0.05, 0) is 37.6 Å². The molecule has 1 aromatic heterocycles. The van der Waals surface area contributed by atoms with Gasteiger partial charge in [0.1, 0.15) is 0 Å². The number of thiophene rings is 1. The smallest absolute Gasteiger partial charge is 0.261 e. The maximum atomic E-state index is 11.6. The molecule has 1 aliphatic heterocycles. The highest BCUT2D eigenvalue weighted by atomic mass is 35.5. The van der Waals surface area contributed by atoms with E-state index in [1.165, 1.54) is 11.3 Å². The van der Waals surface area contributed by atoms with Gasteiger partial charge in [0.05, 0.1) is 9.21 Å². The Morgan fingerprint density at radius 3 is 3.13 bits per heavy atom. The van der Waals surface area contributed by atoms with E-state index >= 15 is 0 Å². The summed E-state index contributed by atoms with van der Waals surface area (Å²) in [6.07, 6.45) is 1.14. The van der Waals surface area contributed by atoms with E-state index in [0.717, 1.165) is 26.1 Å². The molecule has 1 saturated heterocycles. The fraction of sp³-hybridized carbons (Fsp3) is 0.500. The van der Waals surface area contributed by atoms with Gasteiger partial charge in [0.2, 0.25) is 0 Å². The Bertz CT molecular complexity index is 347. The normalized spacial score (nSPS) is 20.5. The summed E-state index contributed by atoms with van der Waals surface area (Å²) < 4.78 is 0.655. The lowest BCUT2D eigenvalue weighted by atomic mass is 10.1. The summed E-state index contributed by atoms with van der Waals surface area (Å²) in [5.41, 5.74) is 0. The van der Waals surface area contributed by atoms with Gasteiger partial charge >= 0.3 is 0 Å². The van der Waals surface area contributed by atoms with E-state index in [9.17, 15) is 4.79 Å². The summed E-state index contributed by atoms with van der Waals surface area (Å²) in [6.45, 7) is 2.82. The standard InChI is InChI=1S/C10H13ClN2OS/c11-9-2-1-8(15-9)10(14)13-6-7-3-4-12-5-7/h1-2,7,12H,3-6H2,(H,13,14). The van der Waals surface area contributed by atoms with Crippen LogP contribution in [0.4, 0.5) is 0 Å². The highest BCUT2D eigenvalue weighted by molar-refractivity contribution is 7.17. The van der Waals surface area contributed by atoms with Crippen molar-refractivity contribution in [3.8, 4) is 0 Å². The fourth-order valence-electron chi connectivity index (χ4n) is 1.65. The minimum Gasteiger partial charge on any atom is -0.351 e. The molecular weight excluding hydrogens is 232 g/mol. The lowest BCUT2D eigenvalue weighted by Gasteiger charge is -2.08. The summed E-state index contributed by atoms with van der Waals surface area (Å²) >= 11 is 7.08. The SMILES string of the molecule is O=C(NCC1CCNC1)c1ccc(Cl)s1. The number of hydrogen-bond donors (Lipinski definition) is 2. The third kappa shape index (κ3) is 2.93. The van der Waals surface area contributed by atoms with Crippen LogP contribution in [-0.4, -0.2) is 25.5 Å². The van der Waals surface area contributed by atoms with Gasteiger partial charge in [-0.15, -0.1) is 11.3 Å². The van der Waals surface area contributed by atoms with Crippen molar-refractivity contribution in [2.45, 2.75) is 6.42 Å². The Balaban J connectivity index is 1.81. The van der Waals surface area contributed by atoms with Crippen LogP contribution in [-0.2, 0) is 0 Å². The van der Waals surface area contributed by atoms with Crippen molar-refractivity contribution in [3.63, 3.8) is 0 Å². The molecule has 3 nitrogen and oxygen atoms in total. The Kier molecular flexibility index (Phi) is 3.61. The highest BCUT2D eigenvalue weighted by Gasteiger charge is 2.16. The van der Waals surface area contributed by atoms with Crippen LogP contribution in [0.25, 0.3) is 0 Å². The number of nitrogens with one attached hydrogen (secondary N) is 2. The van der Waals surface area contributed by atoms with Crippen molar-refractivity contribution in [3.05, 3.63) is 21.3 Å². The highest BCUT2D eigenvalue weighted by Crippen LogP contribution is 2.21. The predicted octanol–water partition coefficient (Wildman–Crippen LogP) is 1.74. The molecule has 2 N–H and O–H groups in total. The molecule has 0 bridgehead atoms. The maximum Gasteiger partial charge on any atom is 0.261 e. The largest absolute Gasteiger partial charge is 0.351 e. The van der Waals surface area contributed by atoms with E-state index in [4.69, 9.17) is 11.6 Å². The maximum absolute atomic E-state index is 11.6. The minimum atomic E-state index is -0.0150. The van der Waals surface area contributed by atoms with Crippen molar-refractivity contribution >= 4 is 28.8 Å². The zero-order chi connectivity index (χ0) is 10.7. The molecule has 0 spiro atoms. The van der Waals surface area contributed by atoms with Gasteiger partial charge in [0.25, 0.3) is 5.91 Å². The van der Waals surface area contributed by atoms with Crippen molar-refractivity contribution in [2.24, 2.45) is 5.92 Å². The number of hydrogen-bond acceptors (Lipinski definition) is 3. The number of rotatable bonds is 3. The van der Waals surface area contributed by atoms with E-state index in [1.54, 1.807) is 12.1 Å². The summed E-state index contributed by atoms with van der Waals surface area (Å²) in [5, 5.41) is 6.20. The Morgan fingerprint density at radius 1 is 1.67 bits per heavy atom. The fourth-order valence-corrected chi connectivity index (χ4v) is 2.61. The third-order valence-corrected chi connectivity index (χ3v) is 3.74. The third-order valence-electron chi connectivity index (χ3n) is 2.51. The van der Waals surface area contributed by atoms with Crippen LogP contribution < -0.4 is 10.6 Å². The van der Waals surface area contributed by atoms with E-state index in [2.05, 4.69) is 10.6 Å². The topological polar surface area (TPSA) is 41.1 Å². The molecule has 0 radical (unpaired) electrons. The van der Waals surface area contributed by atoms with Crippen LogP contribution in [0.1, 0.15) is 16.1 Å². The molecule has 1 aliphatic rings. The van der Waals surface area contributed by atoms with Crippen LogP contribution in [0, 0.1) is 5.92 Å². The van der Waals surface area contributed by atoms with Crippen LogP contribution in [0.15, 0.2) is 12.1 Å². The molecule has 1 fully saturated rings. The number of carbonyl (C=O) groups excluding carboxylic acids is 1. The van der Waals surface area contributed by atoms with Gasteiger partial charge < -0.3 is 10.6 Å². The molecule has 1 amide bonds. The van der Waals surface area contributed by atoms with Gasteiger partial charge in [0, 0.05) is 6.54 Å². The van der Waals surface area contributed by atoms with Crippen LogP contribution in [0.2, 0.25) is 4.34 Å². The van der Waals surface area contributed by atoms with Crippen molar-refractivity contribution in [1.29, 1.82) is 0 Å². The quantitative estimate of drug-likeness (QED) is 0.851. The number of carbonyl (C=O) groups is 1. The lowest BCUT2D eigenvalue weighted by Crippen LogP contribution is -2.29. The van der Waals surface area contributed by atoms with Crippen molar-refractivity contribution in [1.82, 2.24) is 10.6 Å². The Hall–Kier alpha value is -0.580. The van der Waals surface area contributed by atoms with Gasteiger partial charge in [-0.1, -0.05) is 11.6 Å². The molecule has 2 heterocycles. The predicted molar refractivity (Wildman–Crippen MR) is 62.6 cm³/mol. The second-order valence-electron chi connectivity index (χ2n) is 3.67. The molecule has 0 aliphatic carbocycles. The minimum absolute atomic E-state index is 0.0150. The van der Waals surface area contributed by atoms with Gasteiger partial charge in [-0.25, -0.2) is 0 Å². The van der Waals surface area contributed by atoms with Crippen LogP contribution in [0.3, 0.4) is 0 Å². The first-order valence-corrected chi connectivity index (χ1v) is 6.19. The zero-order valence-corrected chi connectivity index (χ0v) is 9.83. The lowest BCUT2D eigenvalue weighted by molar-refractivity contribution is 0.0952. The molecule has 1 unspecified atom stereocenters. The van der Waals surface area contributed by atoms with Crippen molar-refractivity contribution in [2.75, 3.05) is 19.6 Å². The van der Waals surface area contributed by atoms with Crippen molar-refractivity contribution < 1.29 is 4.79 Å². The van der Waals surface area contributed by atoms with E-state index in [1.807, 2.05) is 0 Å². The molecule has 5 heteroatoms. The van der Waals surface area contributed by atoms with E-state index in [-0.39, 0.29) is 5.91 Å². The summed E-state index contributed by atoms with van der Waals surface area (Å²) in [5.74, 6) is 0.559. The summed E-state index contributed by atoms with van der Waals surface area (Å²) in [7, 11) is 0. The molecule has 15 heavy (non-hydrogen) atoms. The first kappa shape index (κ1) is 10.9.